The summed E-state index contributed by atoms with van der Waals surface area (Å²) in [6, 6.07) is 9.03. The summed E-state index contributed by atoms with van der Waals surface area (Å²) in [5, 5.41) is 7.98. The smallest absolute Gasteiger partial charge is 0.332 e. The van der Waals surface area contributed by atoms with Crippen LogP contribution < -0.4 is 21.9 Å². The Morgan fingerprint density at radius 1 is 1.00 bits per heavy atom. The minimum atomic E-state index is -0.504. The molecule has 36 heavy (non-hydrogen) atoms. The maximum atomic E-state index is 13.1. The quantitative estimate of drug-likeness (QED) is 0.309. The summed E-state index contributed by atoms with van der Waals surface area (Å²) >= 11 is 7.36. The number of aromatic nitrogens is 2. The number of halogens is 1. The molecule has 0 saturated heterocycles. The summed E-state index contributed by atoms with van der Waals surface area (Å²) in [6.07, 6.45) is 2.88. The summed E-state index contributed by atoms with van der Waals surface area (Å²) in [6.45, 7) is 1.41. The maximum absolute atomic E-state index is 13.1. The molecule has 0 radical (unpaired) electrons. The second kappa shape index (κ2) is 14.0. The number of carbonyl (C=O) groups is 2. The Morgan fingerprint density at radius 2 is 1.81 bits per heavy atom. The fourth-order valence-electron chi connectivity index (χ4n) is 3.78. The van der Waals surface area contributed by atoms with E-state index in [1.165, 1.54) is 20.5 Å². The number of unbranched alkanes of at least 4 members (excludes halogenated alkanes) is 2. The summed E-state index contributed by atoms with van der Waals surface area (Å²) in [5.74, 6) is -0.375. The van der Waals surface area contributed by atoms with E-state index in [0.717, 1.165) is 5.56 Å². The van der Waals surface area contributed by atoms with Gasteiger partial charge < -0.3 is 15.4 Å². The highest BCUT2D eigenvalue weighted by Crippen LogP contribution is 2.16. The third-order valence-electron chi connectivity index (χ3n) is 5.70. The largest absolute Gasteiger partial charge is 0.385 e. The fourth-order valence-corrected chi connectivity index (χ4v) is 4.83. The molecule has 0 aliphatic carbocycles. The minimum absolute atomic E-state index is 0.0778. The van der Waals surface area contributed by atoms with E-state index in [1.54, 1.807) is 24.6 Å². The summed E-state index contributed by atoms with van der Waals surface area (Å²) in [4.78, 5) is 50.5. The number of fused-ring (bicyclic) bond motifs is 1. The zero-order valence-corrected chi connectivity index (χ0v) is 21.8. The van der Waals surface area contributed by atoms with Crippen LogP contribution in [0, 0.1) is 0 Å². The van der Waals surface area contributed by atoms with Crippen LogP contribution in [0.2, 0.25) is 5.02 Å². The molecule has 0 unspecified atom stereocenters. The van der Waals surface area contributed by atoms with Gasteiger partial charge in [0.15, 0.2) is 0 Å². The number of nitrogens with one attached hydrogen (secondary N) is 2. The number of thiophene rings is 1. The predicted octanol–water partition coefficient (Wildman–Crippen LogP) is 2.91. The van der Waals surface area contributed by atoms with Crippen molar-refractivity contribution in [1.82, 2.24) is 19.8 Å². The zero-order valence-electron chi connectivity index (χ0n) is 20.3. The molecule has 0 aliphatic heterocycles. The third-order valence-corrected chi connectivity index (χ3v) is 6.97. The number of nitrogens with zero attached hydrogens (tertiary/aromatic N) is 2. The Bertz CT molecular complexity index is 1300. The number of benzene rings is 1. The van der Waals surface area contributed by atoms with Gasteiger partial charge >= 0.3 is 5.69 Å². The Balaban J connectivity index is 1.53. The zero-order chi connectivity index (χ0) is 25.9. The molecule has 0 spiro atoms. The molecule has 1 aromatic carbocycles. The lowest BCUT2D eigenvalue weighted by Crippen LogP contribution is -2.42. The van der Waals surface area contributed by atoms with Crippen molar-refractivity contribution in [1.29, 1.82) is 0 Å². The Morgan fingerprint density at radius 3 is 2.58 bits per heavy atom. The van der Waals surface area contributed by atoms with Crippen LogP contribution in [-0.4, -0.2) is 41.2 Å². The molecule has 3 aromatic rings. The van der Waals surface area contributed by atoms with E-state index in [-0.39, 0.29) is 30.5 Å². The Kier molecular flexibility index (Phi) is 10.7. The van der Waals surface area contributed by atoms with Gasteiger partial charge in [0.2, 0.25) is 11.8 Å². The van der Waals surface area contributed by atoms with Crippen LogP contribution in [0.4, 0.5) is 0 Å². The predicted molar refractivity (Wildman–Crippen MR) is 142 cm³/mol. The van der Waals surface area contributed by atoms with Crippen molar-refractivity contribution >= 4 is 45.0 Å². The van der Waals surface area contributed by atoms with Crippen molar-refractivity contribution in [2.45, 2.75) is 51.7 Å². The number of methoxy groups -OCH3 is 1. The van der Waals surface area contributed by atoms with Crippen LogP contribution in [0.25, 0.3) is 10.2 Å². The highest BCUT2D eigenvalue weighted by Gasteiger charge is 2.16. The van der Waals surface area contributed by atoms with Gasteiger partial charge in [-0.3, -0.25) is 23.5 Å². The molecule has 9 nitrogen and oxygen atoms in total. The summed E-state index contributed by atoms with van der Waals surface area (Å²) in [5.41, 5.74) is 0.471. The van der Waals surface area contributed by atoms with Crippen molar-refractivity contribution < 1.29 is 14.3 Å². The monoisotopic (exact) mass is 534 g/mol. The van der Waals surface area contributed by atoms with Gasteiger partial charge in [-0.15, -0.1) is 11.3 Å². The maximum Gasteiger partial charge on any atom is 0.332 e. The molecule has 0 aliphatic rings. The SMILES string of the molecule is COCCCNC(=O)Cn1c(=O)n(CCCCCC(=O)NCc2ccccc2Cl)c(=O)c2sccc21. The number of rotatable bonds is 14. The van der Waals surface area contributed by atoms with Crippen molar-refractivity contribution in [2.75, 3.05) is 20.3 Å². The molecule has 194 valence electrons. The Hall–Kier alpha value is -2.95. The van der Waals surface area contributed by atoms with Gasteiger partial charge in [-0.25, -0.2) is 4.79 Å². The van der Waals surface area contributed by atoms with Gasteiger partial charge in [0.05, 0.1) is 5.52 Å². The Labute approximate surface area is 218 Å². The van der Waals surface area contributed by atoms with Crippen molar-refractivity contribution in [2.24, 2.45) is 0 Å². The van der Waals surface area contributed by atoms with Crippen LogP contribution in [0.15, 0.2) is 45.3 Å². The molecular weight excluding hydrogens is 504 g/mol. The molecule has 3 rings (SSSR count). The van der Waals surface area contributed by atoms with Gasteiger partial charge in [0.25, 0.3) is 5.56 Å². The molecule has 0 saturated carbocycles. The standard InChI is InChI=1S/C25H31ClN4O5S/c1-35-14-7-12-27-22(32)17-30-20-11-15-36-23(20)24(33)29(25(30)34)13-6-2-3-10-21(31)28-16-18-8-4-5-9-19(18)26/h4-5,8-9,11,15H,2-3,6-7,10,12-14,16-17H2,1H3,(H,27,32)(H,28,31). The van der Waals surface area contributed by atoms with Gasteiger partial charge in [0, 0.05) is 44.8 Å². The first-order valence-corrected chi connectivity index (χ1v) is 13.1. The third kappa shape index (κ3) is 7.52. The highest BCUT2D eigenvalue weighted by atomic mass is 35.5. The first-order chi connectivity index (χ1) is 17.4. The normalized spacial score (nSPS) is 11.1. The van der Waals surface area contributed by atoms with Gasteiger partial charge in [0.1, 0.15) is 11.2 Å². The van der Waals surface area contributed by atoms with Crippen LogP contribution in [0.3, 0.4) is 0 Å². The molecule has 2 amide bonds. The van der Waals surface area contributed by atoms with E-state index in [4.69, 9.17) is 16.3 Å². The molecule has 0 fully saturated rings. The molecule has 2 aromatic heterocycles. The van der Waals surface area contributed by atoms with Gasteiger partial charge in [-0.1, -0.05) is 36.2 Å². The topological polar surface area (TPSA) is 111 Å². The molecule has 2 heterocycles. The second-order valence-electron chi connectivity index (χ2n) is 8.34. The summed E-state index contributed by atoms with van der Waals surface area (Å²) < 4.78 is 7.95. The first-order valence-electron chi connectivity index (χ1n) is 11.9. The number of ether oxygens (including phenoxy) is 1. The lowest BCUT2D eigenvalue weighted by Gasteiger charge is -2.12. The van der Waals surface area contributed by atoms with Crippen LogP contribution >= 0.6 is 22.9 Å². The first kappa shape index (κ1) is 27.6. The van der Waals surface area contributed by atoms with E-state index in [1.807, 2.05) is 18.2 Å². The molecule has 0 bridgehead atoms. The van der Waals surface area contributed by atoms with Gasteiger partial charge in [-0.2, -0.15) is 0 Å². The van der Waals surface area contributed by atoms with E-state index in [0.29, 0.717) is 67.0 Å². The van der Waals surface area contributed by atoms with E-state index >= 15 is 0 Å². The number of amides is 2. The van der Waals surface area contributed by atoms with E-state index < -0.39 is 5.69 Å². The lowest BCUT2D eigenvalue weighted by molar-refractivity contribution is -0.122. The van der Waals surface area contributed by atoms with Crippen molar-refractivity contribution in [3.05, 3.63) is 67.1 Å². The molecule has 11 heteroatoms. The molecule has 0 atom stereocenters. The average Bonchev–Trinajstić information content (AvgIpc) is 3.36. The molecule has 2 N–H and O–H groups in total. The average molecular weight is 535 g/mol. The highest BCUT2D eigenvalue weighted by molar-refractivity contribution is 7.17. The van der Waals surface area contributed by atoms with E-state index in [9.17, 15) is 19.2 Å². The van der Waals surface area contributed by atoms with Crippen LogP contribution in [0.1, 0.15) is 37.7 Å². The lowest BCUT2D eigenvalue weighted by atomic mass is 10.1. The minimum Gasteiger partial charge on any atom is -0.385 e. The van der Waals surface area contributed by atoms with E-state index in [2.05, 4.69) is 10.6 Å². The number of hydrogen-bond acceptors (Lipinski definition) is 6. The number of hydrogen-bond donors (Lipinski definition) is 2. The summed E-state index contributed by atoms with van der Waals surface area (Å²) in [7, 11) is 1.59. The van der Waals surface area contributed by atoms with Crippen LogP contribution in [-0.2, 0) is 34.0 Å². The van der Waals surface area contributed by atoms with Crippen molar-refractivity contribution in [3.8, 4) is 0 Å². The second-order valence-corrected chi connectivity index (χ2v) is 9.66. The van der Waals surface area contributed by atoms with Crippen molar-refractivity contribution in [3.63, 3.8) is 0 Å². The molecular formula is C25H31ClN4O5S. The fraction of sp³-hybridized carbons (Fsp3) is 0.440. The number of carbonyl (C=O) groups excluding carboxylic acids is 2. The van der Waals surface area contributed by atoms with Crippen LogP contribution in [0.5, 0.6) is 0 Å². The van der Waals surface area contributed by atoms with Gasteiger partial charge in [-0.05, 0) is 42.3 Å².